The summed E-state index contributed by atoms with van der Waals surface area (Å²) in [6, 6.07) is 4.67. The van der Waals surface area contributed by atoms with Crippen molar-refractivity contribution in [2.45, 2.75) is 19.1 Å². The van der Waals surface area contributed by atoms with Gasteiger partial charge in [0.1, 0.15) is 5.65 Å². The van der Waals surface area contributed by atoms with Crippen LogP contribution in [0.4, 0.5) is 17.6 Å². The lowest BCUT2D eigenvalue weighted by molar-refractivity contribution is -0.156. The number of amides is 1. The fourth-order valence-corrected chi connectivity index (χ4v) is 2.33. The summed E-state index contributed by atoms with van der Waals surface area (Å²) < 4.78 is 55.1. The van der Waals surface area contributed by atoms with E-state index >= 15 is 0 Å². The van der Waals surface area contributed by atoms with Gasteiger partial charge in [0.25, 0.3) is 5.91 Å². The summed E-state index contributed by atoms with van der Waals surface area (Å²) in [5.74, 6) is -2.30. The van der Waals surface area contributed by atoms with Crippen molar-refractivity contribution in [2.75, 3.05) is 0 Å². The first-order chi connectivity index (χ1) is 11.8. The number of fused-ring (bicyclic) bond motifs is 1. The summed E-state index contributed by atoms with van der Waals surface area (Å²) in [5, 5.41) is 1.76. The number of carbonyl (C=O) groups is 1. The zero-order valence-corrected chi connectivity index (χ0v) is 12.9. The highest BCUT2D eigenvalue weighted by atomic mass is 19.4. The van der Waals surface area contributed by atoms with Crippen molar-refractivity contribution >= 4 is 11.6 Å². The quantitative estimate of drug-likeness (QED) is 0.737. The molecular weight excluding hydrogens is 340 g/mol. The molecular formula is C16H12F4N4O. The molecule has 0 aliphatic heterocycles. The molecule has 1 atom stereocenters. The second-order valence-electron chi connectivity index (χ2n) is 5.39. The lowest BCUT2D eigenvalue weighted by atomic mass is 10.1. The Morgan fingerprint density at radius 3 is 2.68 bits per heavy atom. The van der Waals surface area contributed by atoms with Crippen LogP contribution in [-0.4, -0.2) is 26.5 Å². The molecule has 130 valence electrons. The number of pyridine rings is 2. The molecule has 5 nitrogen and oxygen atoms in total. The molecule has 0 saturated carbocycles. The van der Waals surface area contributed by atoms with E-state index in [0.29, 0.717) is 0 Å². The zero-order valence-electron chi connectivity index (χ0n) is 12.9. The number of rotatable bonds is 3. The van der Waals surface area contributed by atoms with Gasteiger partial charge in [-0.1, -0.05) is 6.07 Å². The molecule has 1 N–H and O–H groups in total. The lowest BCUT2D eigenvalue weighted by Crippen LogP contribution is -2.39. The maximum absolute atomic E-state index is 14.3. The fourth-order valence-electron chi connectivity index (χ4n) is 2.33. The molecule has 3 rings (SSSR count). The number of hydrogen-bond acceptors (Lipinski definition) is 3. The standard InChI is InChI=1S/C16H12F4N4O/c1-9-5-7-24-11(8-9)22-12(14(24)17)15(25)23-13(16(18,19)20)10-4-2-3-6-21-10/h2-8,13H,1H3,(H,23,25)/t13-/m0/s1. The topological polar surface area (TPSA) is 59.3 Å². The summed E-state index contributed by atoms with van der Waals surface area (Å²) in [5.41, 5.74) is -0.214. The van der Waals surface area contributed by atoms with Gasteiger partial charge in [-0.05, 0) is 36.8 Å². The molecule has 0 spiro atoms. The van der Waals surface area contributed by atoms with E-state index in [2.05, 4.69) is 9.97 Å². The number of aryl methyl sites for hydroxylation is 1. The predicted molar refractivity (Wildman–Crippen MR) is 80.4 cm³/mol. The highest BCUT2D eigenvalue weighted by molar-refractivity contribution is 5.93. The Kier molecular flexibility index (Phi) is 4.15. The van der Waals surface area contributed by atoms with Crippen LogP contribution in [-0.2, 0) is 0 Å². The van der Waals surface area contributed by atoms with Crippen LogP contribution in [0.2, 0.25) is 0 Å². The van der Waals surface area contributed by atoms with E-state index in [1.165, 1.54) is 30.6 Å². The van der Waals surface area contributed by atoms with Crippen LogP contribution in [0.15, 0.2) is 42.7 Å². The second-order valence-corrected chi connectivity index (χ2v) is 5.39. The molecule has 1 amide bonds. The van der Waals surface area contributed by atoms with E-state index in [4.69, 9.17) is 0 Å². The first kappa shape index (κ1) is 16.9. The van der Waals surface area contributed by atoms with Gasteiger partial charge in [-0.25, -0.2) is 4.98 Å². The van der Waals surface area contributed by atoms with Gasteiger partial charge in [0.2, 0.25) is 5.95 Å². The van der Waals surface area contributed by atoms with Gasteiger partial charge < -0.3 is 5.32 Å². The van der Waals surface area contributed by atoms with Gasteiger partial charge in [0.05, 0.1) is 5.69 Å². The first-order valence-electron chi connectivity index (χ1n) is 7.20. The summed E-state index contributed by atoms with van der Waals surface area (Å²) in [4.78, 5) is 19.6. The third-order valence-corrected chi connectivity index (χ3v) is 3.52. The van der Waals surface area contributed by atoms with Crippen LogP contribution in [0.1, 0.15) is 27.8 Å². The van der Waals surface area contributed by atoms with Crippen LogP contribution in [0.5, 0.6) is 0 Å². The van der Waals surface area contributed by atoms with E-state index in [1.807, 2.05) is 0 Å². The molecule has 0 saturated heterocycles. The molecule has 0 fully saturated rings. The maximum Gasteiger partial charge on any atom is 0.414 e. The minimum atomic E-state index is -4.80. The molecule has 0 aliphatic rings. The van der Waals surface area contributed by atoms with Crippen LogP contribution in [0.3, 0.4) is 0 Å². The van der Waals surface area contributed by atoms with Crippen molar-refractivity contribution < 1.29 is 22.4 Å². The number of nitrogens with one attached hydrogen (secondary N) is 1. The van der Waals surface area contributed by atoms with E-state index in [-0.39, 0.29) is 5.65 Å². The number of aromatic nitrogens is 3. The molecule has 0 radical (unpaired) electrons. The SMILES string of the molecule is Cc1ccn2c(F)c(C(=O)N[C@@H](c3ccccn3)C(F)(F)F)nc2c1. The summed E-state index contributed by atoms with van der Waals surface area (Å²) in [7, 11) is 0. The Balaban J connectivity index is 1.96. The van der Waals surface area contributed by atoms with Crippen LogP contribution < -0.4 is 5.32 Å². The first-order valence-corrected chi connectivity index (χ1v) is 7.20. The van der Waals surface area contributed by atoms with Gasteiger partial charge in [0, 0.05) is 12.4 Å². The van der Waals surface area contributed by atoms with Crippen LogP contribution >= 0.6 is 0 Å². The van der Waals surface area contributed by atoms with Gasteiger partial charge in [-0.2, -0.15) is 17.6 Å². The number of halogens is 4. The van der Waals surface area contributed by atoms with Crippen molar-refractivity contribution in [3.05, 3.63) is 65.6 Å². The second kappa shape index (κ2) is 6.15. The number of imidazole rings is 1. The number of carbonyl (C=O) groups excluding carboxylic acids is 1. The molecule has 3 aromatic rings. The average Bonchev–Trinajstić information content (AvgIpc) is 2.88. The monoisotopic (exact) mass is 352 g/mol. The Morgan fingerprint density at radius 2 is 2.04 bits per heavy atom. The minimum absolute atomic E-state index is 0.129. The summed E-state index contributed by atoms with van der Waals surface area (Å²) in [6.07, 6.45) is -2.27. The van der Waals surface area contributed by atoms with E-state index in [0.717, 1.165) is 16.0 Å². The number of alkyl halides is 3. The number of nitrogens with zero attached hydrogens (tertiary/aromatic N) is 3. The third kappa shape index (κ3) is 3.30. The Morgan fingerprint density at radius 1 is 1.28 bits per heavy atom. The predicted octanol–water partition coefficient (Wildman–Crippen LogP) is 3.21. The molecule has 0 unspecified atom stereocenters. The molecule has 9 heteroatoms. The van der Waals surface area contributed by atoms with E-state index in [9.17, 15) is 22.4 Å². The smallest absolute Gasteiger partial charge is 0.334 e. The molecule has 25 heavy (non-hydrogen) atoms. The normalized spacial score (nSPS) is 13.0. The fraction of sp³-hybridized carbons (Fsp3) is 0.188. The molecule has 0 aromatic carbocycles. The van der Waals surface area contributed by atoms with Gasteiger partial charge in [-0.3, -0.25) is 14.2 Å². The van der Waals surface area contributed by atoms with Crippen LogP contribution in [0, 0.1) is 12.9 Å². The molecule has 0 aliphatic carbocycles. The van der Waals surface area contributed by atoms with Gasteiger partial charge in [-0.15, -0.1) is 0 Å². The Labute approximate surface area is 139 Å². The molecule has 3 heterocycles. The van der Waals surface area contributed by atoms with Crippen molar-refractivity contribution in [3.63, 3.8) is 0 Å². The molecule has 3 aromatic heterocycles. The van der Waals surface area contributed by atoms with Crippen molar-refractivity contribution in [2.24, 2.45) is 0 Å². The highest BCUT2D eigenvalue weighted by Crippen LogP contribution is 2.31. The largest absolute Gasteiger partial charge is 0.414 e. The lowest BCUT2D eigenvalue weighted by Gasteiger charge is -2.20. The minimum Gasteiger partial charge on any atom is -0.334 e. The number of hydrogen-bond donors (Lipinski definition) is 1. The Bertz CT molecular complexity index is 921. The molecule has 0 bridgehead atoms. The van der Waals surface area contributed by atoms with Crippen molar-refractivity contribution in [3.8, 4) is 0 Å². The average molecular weight is 352 g/mol. The van der Waals surface area contributed by atoms with Crippen molar-refractivity contribution in [1.29, 1.82) is 0 Å². The maximum atomic E-state index is 14.3. The van der Waals surface area contributed by atoms with Gasteiger partial charge in [0.15, 0.2) is 11.7 Å². The third-order valence-electron chi connectivity index (χ3n) is 3.52. The zero-order chi connectivity index (χ0) is 18.2. The van der Waals surface area contributed by atoms with Gasteiger partial charge >= 0.3 is 6.18 Å². The summed E-state index contributed by atoms with van der Waals surface area (Å²) >= 11 is 0. The Hall–Kier alpha value is -2.97. The summed E-state index contributed by atoms with van der Waals surface area (Å²) in [6.45, 7) is 1.74. The highest BCUT2D eigenvalue weighted by Gasteiger charge is 2.43. The van der Waals surface area contributed by atoms with E-state index in [1.54, 1.807) is 18.3 Å². The van der Waals surface area contributed by atoms with Crippen LogP contribution in [0.25, 0.3) is 5.65 Å². The van der Waals surface area contributed by atoms with E-state index < -0.39 is 35.5 Å². The van der Waals surface area contributed by atoms with Crippen molar-refractivity contribution in [1.82, 2.24) is 19.7 Å².